The molecule has 3 nitrogen and oxygen atoms in total. The fourth-order valence-electron chi connectivity index (χ4n) is 3.31. The molecule has 1 unspecified atom stereocenters. The topological polar surface area (TPSA) is 15.7 Å². The van der Waals surface area contributed by atoms with Crippen molar-refractivity contribution in [2.45, 2.75) is 25.3 Å². The molecule has 0 spiro atoms. The highest BCUT2D eigenvalue weighted by Gasteiger charge is 2.28. The van der Waals surface area contributed by atoms with E-state index in [-0.39, 0.29) is 0 Å². The SMILES string of the molecule is COc1cccc2c1CCN2CC1CCCN1C. The Bertz CT molecular complexity index is 433. The number of ether oxygens (including phenoxy) is 1. The smallest absolute Gasteiger partial charge is 0.124 e. The Hall–Kier alpha value is -1.22. The average molecular weight is 246 g/mol. The molecule has 3 heteroatoms. The van der Waals surface area contributed by atoms with Crippen LogP contribution in [0.15, 0.2) is 18.2 Å². The van der Waals surface area contributed by atoms with Crippen LogP contribution >= 0.6 is 0 Å². The van der Waals surface area contributed by atoms with E-state index < -0.39 is 0 Å². The predicted molar refractivity (Wildman–Crippen MR) is 74.6 cm³/mol. The molecular weight excluding hydrogens is 224 g/mol. The summed E-state index contributed by atoms with van der Waals surface area (Å²) in [5.41, 5.74) is 2.77. The van der Waals surface area contributed by atoms with Crippen LogP contribution in [0, 0.1) is 0 Å². The predicted octanol–water partition coefficient (Wildman–Crippen LogP) is 2.15. The van der Waals surface area contributed by atoms with E-state index in [1.807, 2.05) is 0 Å². The molecular formula is C15H22N2O. The Morgan fingerprint density at radius 2 is 2.22 bits per heavy atom. The van der Waals surface area contributed by atoms with E-state index in [1.165, 1.54) is 30.6 Å². The Kier molecular flexibility index (Phi) is 3.16. The summed E-state index contributed by atoms with van der Waals surface area (Å²) in [6.07, 6.45) is 3.81. The van der Waals surface area contributed by atoms with Crippen molar-refractivity contribution < 1.29 is 4.74 Å². The highest BCUT2D eigenvalue weighted by Crippen LogP contribution is 2.35. The first-order valence-corrected chi connectivity index (χ1v) is 6.90. The van der Waals surface area contributed by atoms with Gasteiger partial charge in [0.05, 0.1) is 7.11 Å². The Morgan fingerprint density at radius 1 is 1.33 bits per heavy atom. The first kappa shape index (κ1) is 11.8. The van der Waals surface area contributed by atoms with Gasteiger partial charge in [-0.25, -0.2) is 0 Å². The number of benzene rings is 1. The average Bonchev–Trinajstić information content (AvgIpc) is 2.97. The number of hydrogen-bond acceptors (Lipinski definition) is 3. The largest absolute Gasteiger partial charge is 0.496 e. The zero-order valence-corrected chi connectivity index (χ0v) is 11.4. The van der Waals surface area contributed by atoms with Crippen molar-refractivity contribution in [3.8, 4) is 5.75 Å². The molecule has 0 aliphatic carbocycles. The fourth-order valence-corrected chi connectivity index (χ4v) is 3.31. The van der Waals surface area contributed by atoms with Gasteiger partial charge in [-0.15, -0.1) is 0 Å². The van der Waals surface area contributed by atoms with Gasteiger partial charge in [0.1, 0.15) is 5.75 Å². The van der Waals surface area contributed by atoms with Gasteiger partial charge in [-0.1, -0.05) is 6.07 Å². The first-order valence-electron chi connectivity index (χ1n) is 6.90. The molecule has 3 rings (SSSR count). The van der Waals surface area contributed by atoms with E-state index in [4.69, 9.17) is 4.74 Å². The molecule has 0 radical (unpaired) electrons. The molecule has 2 aliphatic rings. The standard InChI is InChI=1S/C15H22N2O/c1-16-9-4-5-12(16)11-17-10-8-13-14(17)6-3-7-15(13)18-2/h3,6-7,12H,4-5,8-11H2,1-2H3. The monoisotopic (exact) mass is 246 g/mol. The second-order valence-corrected chi connectivity index (χ2v) is 5.43. The fraction of sp³-hybridized carbons (Fsp3) is 0.600. The Morgan fingerprint density at radius 3 is 2.94 bits per heavy atom. The molecule has 1 fully saturated rings. The molecule has 1 aromatic carbocycles. The first-order chi connectivity index (χ1) is 8.79. The van der Waals surface area contributed by atoms with Crippen LogP contribution in [0.1, 0.15) is 18.4 Å². The normalized spacial score (nSPS) is 23.4. The number of anilines is 1. The van der Waals surface area contributed by atoms with Gasteiger partial charge < -0.3 is 14.5 Å². The summed E-state index contributed by atoms with van der Waals surface area (Å²) < 4.78 is 5.46. The molecule has 0 saturated carbocycles. The zero-order chi connectivity index (χ0) is 12.5. The van der Waals surface area contributed by atoms with Crippen LogP contribution in [0.5, 0.6) is 5.75 Å². The van der Waals surface area contributed by atoms with Crippen molar-refractivity contribution in [3.05, 3.63) is 23.8 Å². The maximum atomic E-state index is 5.46. The molecule has 1 atom stereocenters. The van der Waals surface area contributed by atoms with Crippen LogP contribution in [0.25, 0.3) is 0 Å². The van der Waals surface area contributed by atoms with E-state index in [0.29, 0.717) is 0 Å². The molecule has 0 N–H and O–H groups in total. The molecule has 1 saturated heterocycles. The minimum absolute atomic E-state index is 0.724. The maximum absolute atomic E-state index is 5.46. The lowest BCUT2D eigenvalue weighted by molar-refractivity contribution is 0.313. The molecule has 18 heavy (non-hydrogen) atoms. The Balaban J connectivity index is 1.78. The number of likely N-dealkylation sites (tertiary alicyclic amines) is 1. The molecule has 0 aromatic heterocycles. The third-order valence-electron chi connectivity index (χ3n) is 4.40. The second-order valence-electron chi connectivity index (χ2n) is 5.43. The lowest BCUT2D eigenvalue weighted by atomic mass is 10.1. The summed E-state index contributed by atoms with van der Waals surface area (Å²) in [5, 5.41) is 0. The lowest BCUT2D eigenvalue weighted by Gasteiger charge is -2.27. The quantitative estimate of drug-likeness (QED) is 0.813. The molecule has 2 aliphatic heterocycles. The van der Waals surface area contributed by atoms with Crippen LogP contribution in [-0.2, 0) is 6.42 Å². The highest BCUT2D eigenvalue weighted by atomic mass is 16.5. The minimum atomic E-state index is 0.724. The van der Waals surface area contributed by atoms with E-state index in [9.17, 15) is 0 Å². The number of hydrogen-bond donors (Lipinski definition) is 0. The zero-order valence-electron chi connectivity index (χ0n) is 11.4. The molecule has 0 bridgehead atoms. The number of fused-ring (bicyclic) bond motifs is 1. The van der Waals surface area contributed by atoms with E-state index in [2.05, 4.69) is 35.0 Å². The summed E-state index contributed by atoms with van der Waals surface area (Å²) in [5.74, 6) is 1.05. The molecule has 98 valence electrons. The van der Waals surface area contributed by atoms with E-state index in [0.717, 1.165) is 31.3 Å². The van der Waals surface area contributed by atoms with Crippen molar-refractivity contribution in [3.63, 3.8) is 0 Å². The summed E-state index contributed by atoms with van der Waals surface area (Å²) in [6, 6.07) is 7.14. The van der Waals surface area contributed by atoms with E-state index in [1.54, 1.807) is 7.11 Å². The third kappa shape index (κ3) is 1.97. The van der Waals surface area contributed by atoms with Crippen molar-refractivity contribution in [2.24, 2.45) is 0 Å². The third-order valence-corrected chi connectivity index (χ3v) is 4.40. The molecule has 0 amide bonds. The summed E-state index contributed by atoms with van der Waals surface area (Å²) in [7, 11) is 4.02. The van der Waals surface area contributed by atoms with Crippen molar-refractivity contribution in [1.82, 2.24) is 4.90 Å². The van der Waals surface area contributed by atoms with Gasteiger partial charge in [0.25, 0.3) is 0 Å². The Labute approximate surface area is 109 Å². The second kappa shape index (κ2) is 4.81. The minimum Gasteiger partial charge on any atom is -0.496 e. The summed E-state index contributed by atoms with van der Waals surface area (Å²) in [6.45, 7) is 3.56. The molecule has 2 heterocycles. The van der Waals surface area contributed by atoms with Crippen LogP contribution < -0.4 is 9.64 Å². The number of rotatable bonds is 3. The van der Waals surface area contributed by atoms with Gasteiger partial charge in [-0.05, 0) is 45.0 Å². The number of likely N-dealkylation sites (N-methyl/N-ethyl adjacent to an activating group) is 1. The van der Waals surface area contributed by atoms with Gasteiger partial charge >= 0.3 is 0 Å². The van der Waals surface area contributed by atoms with Crippen molar-refractivity contribution in [2.75, 3.05) is 38.7 Å². The van der Waals surface area contributed by atoms with Crippen molar-refractivity contribution in [1.29, 1.82) is 0 Å². The summed E-state index contributed by atoms with van der Waals surface area (Å²) >= 11 is 0. The van der Waals surface area contributed by atoms with Crippen LogP contribution in [-0.4, -0.2) is 44.7 Å². The number of methoxy groups -OCH3 is 1. The highest BCUT2D eigenvalue weighted by molar-refractivity contribution is 5.63. The van der Waals surface area contributed by atoms with Crippen LogP contribution in [0.3, 0.4) is 0 Å². The van der Waals surface area contributed by atoms with Crippen LogP contribution in [0.2, 0.25) is 0 Å². The lowest BCUT2D eigenvalue weighted by Crippen LogP contribution is -2.37. The van der Waals surface area contributed by atoms with Gasteiger partial charge in [-0.2, -0.15) is 0 Å². The van der Waals surface area contributed by atoms with Crippen LogP contribution in [0.4, 0.5) is 5.69 Å². The maximum Gasteiger partial charge on any atom is 0.124 e. The number of nitrogens with zero attached hydrogens (tertiary/aromatic N) is 2. The van der Waals surface area contributed by atoms with Gasteiger partial charge in [-0.3, -0.25) is 0 Å². The van der Waals surface area contributed by atoms with Crippen molar-refractivity contribution >= 4 is 5.69 Å². The van der Waals surface area contributed by atoms with Gasteiger partial charge in [0.2, 0.25) is 0 Å². The van der Waals surface area contributed by atoms with Gasteiger partial charge in [0.15, 0.2) is 0 Å². The summed E-state index contributed by atoms with van der Waals surface area (Å²) in [4.78, 5) is 5.03. The van der Waals surface area contributed by atoms with Gasteiger partial charge in [0, 0.05) is 30.4 Å². The van der Waals surface area contributed by atoms with E-state index >= 15 is 0 Å². The molecule has 1 aromatic rings.